The van der Waals surface area contributed by atoms with Gasteiger partial charge in [0.1, 0.15) is 12.5 Å². The summed E-state index contributed by atoms with van der Waals surface area (Å²) in [5.41, 5.74) is 2.36. The molecule has 7 N–H and O–H groups in total. The topological polar surface area (TPSA) is 118 Å². The molecule has 2 aliphatic heterocycles. The second-order valence-electron chi connectivity index (χ2n) is 7.76. The molecule has 1 fully saturated rings. The fraction of sp³-hybridized carbons (Fsp3) is 0.600. The van der Waals surface area contributed by atoms with Gasteiger partial charge in [0.15, 0.2) is 0 Å². The zero-order valence-electron chi connectivity index (χ0n) is 17.2. The van der Waals surface area contributed by atoms with Crippen LogP contribution in [0.15, 0.2) is 24.3 Å². The van der Waals surface area contributed by atoms with E-state index in [1.54, 1.807) is 0 Å². The summed E-state index contributed by atoms with van der Waals surface area (Å²) < 4.78 is 0. The van der Waals surface area contributed by atoms with Gasteiger partial charge in [-0.1, -0.05) is 18.2 Å². The lowest BCUT2D eigenvalue weighted by atomic mass is 10.0. The summed E-state index contributed by atoms with van der Waals surface area (Å²) in [6, 6.07) is 8.22. The van der Waals surface area contributed by atoms with E-state index in [-0.39, 0.29) is 36.6 Å². The van der Waals surface area contributed by atoms with E-state index in [0.717, 1.165) is 37.9 Å². The minimum absolute atomic E-state index is 0.00941. The molecular formula is C20H33N7O2. The Kier molecular flexibility index (Phi) is 7.68. The number of urea groups is 1. The number of para-hydroxylation sites is 1. The third-order valence-corrected chi connectivity index (χ3v) is 5.16. The summed E-state index contributed by atoms with van der Waals surface area (Å²) in [6.45, 7) is 5.06. The van der Waals surface area contributed by atoms with Crippen molar-refractivity contribution >= 4 is 17.6 Å². The molecule has 29 heavy (non-hydrogen) atoms. The van der Waals surface area contributed by atoms with Crippen LogP contribution in [0.3, 0.4) is 0 Å². The Labute approximate surface area is 172 Å². The van der Waals surface area contributed by atoms with Gasteiger partial charge in [0.05, 0.1) is 6.17 Å². The molecule has 0 spiro atoms. The highest BCUT2D eigenvalue weighted by Crippen LogP contribution is 2.23. The number of aryl methyl sites for hydroxylation is 1. The number of rotatable bonds is 7. The first-order valence-electron chi connectivity index (χ1n) is 10.4. The highest BCUT2D eigenvalue weighted by molar-refractivity contribution is 5.75. The standard InChI is InChI=1S/C20H33N7O2/c1-13-12-18(22-11-5-10-21-14(2)28)25-19(23-13)27-20(29)26-17-9-8-15-6-3-4-7-16(15)24-17/h3-4,6-7,13,17-19,22-25H,5,8-12H2,1-2H3,(H,21,28)(H2,26,27,29). The third-order valence-electron chi connectivity index (χ3n) is 5.16. The number of carbonyl (C=O) groups is 2. The molecule has 9 nitrogen and oxygen atoms in total. The maximum atomic E-state index is 12.5. The van der Waals surface area contributed by atoms with Crippen molar-refractivity contribution in [2.24, 2.45) is 0 Å². The molecular weight excluding hydrogens is 370 g/mol. The molecule has 3 rings (SSSR count). The fourth-order valence-corrected chi connectivity index (χ4v) is 3.76. The van der Waals surface area contributed by atoms with Crippen molar-refractivity contribution in [3.05, 3.63) is 29.8 Å². The molecule has 4 atom stereocenters. The maximum absolute atomic E-state index is 12.5. The summed E-state index contributed by atoms with van der Waals surface area (Å²) in [5.74, 6) is -0.00941. The molecule has 1 saturated heterocycles. The van der Waals surface area contributed by atoms with Crippen LogP contribution >= 0.6 is 0 Å². The largest absolute Gasteiger partial charge is 0.365 e. The molecule has 0 radical (unpaired) electrons. The van der Waals surface area contributed by atoms with E-state index in [2.05, 4.69) is 50.2 Å². The summed E-state index contributed by atoms with van der Waals surface area (Å²) in [6.07, 6.45) is 3.23. The summed E-state index contributed by atoms with van der Waals surface area (Å²) >= 11 is 0. The predicted molar refractivity (Wildman–Crippen MR) is 113 cm³/mol. The van der Waals surface area contributed by atoms with Gasteiger partial charge in [-0.3, -0.25) is 15.4 Å². The minimum atomic E-state index is -0.317. The lowest BCUT2D eigenvalue weighted by molar-refractivity contribution is -0.118. The van der Waals surface area contributed by atoms with Crippen molar-refractivity contribution in [3.63, 3.8) is 0 Å². The van der Waals surface area contributed by atoms with Gasteiger partial charge in [-0.25, -0.2) is 4.79 Å². The molecule has 3 amide bonds. The lowest BCUT2D eigenvalue weighted by Gasteiger charge is -2.37. The van der Waals surface area contributed by atoms with Crippen LogP contribution in [0.4, 0.5) is 10.5 Å². The average molecular weight is 404 g/mol. The Morgan fingerprint density at radius 2 is 1.93 bits per heavy atom. The van der Waals surface area contributed by atoms with Crippen molar-refractivity contribution in [2.75, 3.05) is 18.4 Å². The predicted octanol–water partition coefficient (Wildman–Crippen LogP) is 0.367. The highest BCUT2D eigenvalue weighted by atomic mass is 16.2. The van der Waals surface area contributed by atoms with Crippen LogP contribution in [0, 0.1) is 0 Å². The number of fused-ring (bicyclic) bond motifs is 1. The molecule has 4 unspecified atom stereocenters. The van der Waals surface area contributed by atoms with Crippen molar-refractivity contribution in [2.45, 2.75) is 64.2 Å². The van der Waals surface area contributed by atoms with Gasteiger partial charge < -0.3 is 26.6 Å². The Morgan fingerprint density at radius 3 is 2.76 bits per heavy atom. The van der Waals surface area contributed by atoms with E-state index < -0.39 is 0 Å². The Hall–Kier alpha value is -2.36. The number of amides is 3. The monoisotopic (exact) mass is 403 g/mol. The van der Waals surface area contributed by atoms with Gasteiger partial charge in [-0.2, -0.15) is 0 Å². The first-order chi connectivity index (χ1) is 14.0. The van der Waals surface area contributed by atoms with Gasteiger partial charge in [-0.15, -0.1) is 0 Å². The number of anilines is 1. The lowest BCUT2D eigenvalue weighted by Crippen LogP contribution is -2.68. The first-order valence-corrected chi connectivity index (χ1v) is 10.4. The minimum Gasteiger partial charge on any atom is -0.365 e. The van der Waals surface area contributed by atoms with Gasteiger partial charge in [0, 0.05) is 25.2 Å². The molecule has 160 valence electrons. The average Bonchev–Trinajstić information content (AvgIpc) is 2.67. The molecule has 0 aromatic heterocycles. The smallest absolute Gasteiger partial charge is 0.318 e. The molecule has 1 aromatic carbocycles. The zero-order chi connectivity index (χ0) is 20.6. The summed E-state index contributed by atoms with van der Waals surface area (Å²) in [7, 11) is 0. The molecule has 2 aliphatic rings. The quantitative estimate of drug-likeness (QED) is 0.331. The van der Waals surface area contributed by atoms with Crippen molar-refractivity contribution in [1.29, 1.82) is 0 Å². The SMILES string of the molecule is CC(=O)NCCCNC1CC(C)NC(NC(=O)NC2CCc3ccccc3N2)N1. The molecule has 0 aliphatic carbocycles. The molecule has 0 saturated carbocycles. The van der Waals surface area contributed by atoms with Gasteiger partial charge >= 0.3 is 6.03 Å². The zero-order valence-corrected chi connectivity index (χ0v) is 17.2. The molecule has 2 heterocycles. The third kappa shape index (κ3) is 6.88. The van der Waals surface area contributed by atoms with E-state index in [1.165, 1.54) is 12.5 Å². The molecule has 0 bridgehead atoms. The second kappa shape index (κ2) is 10.4. The van der Waals surface area contributed by atoms with Gasteiger partial charge in [0.2, 0.25) is 5.91 Å². The molecule has 9 heteroatoms. The Balaban J connectivity index is 1.39. The van der Waals surface area contributed by atoms with E-state index in [0.29, 0.717) is 6.54 Å². The van der Waals surface area contributed by atoms with Gasteiger partial charge in [-0.05, 0) is 50.8 Å². The van der Waals surface area contributed by atoms with E-state index in [1.807, 2.05) is 18.2 Å². The molecule has 1 aromatic rings. The Morgan fingerprint density at radius 1 is 1.10 bits per heavy atom. The first kappa shape index (κ1) is 21.4. The van der Waals surface area contributed by atoms with Crippen LogP contribution in [0.5, 0.6) is 0 Å². The number of nitrogens with one attached hydrogen (secondary N) is 7. The van der Waals surface area contributed by atoms with Crippen LogP contribution in [0.2, 0.25) is 0 Å². The number of benzene rings is 1. The normalized spacial score (nSPS) is 26.0. The maximum Gasteiger partial charge on any atom is 0.318 e. The second-order valence-corrected chi connectivity index (χ2v) is 7.76. The van der Waals surface area contributed by atoms with Crippen LogP contribution in [0.1, 0.15) is 38.7 Å². The number of hydrogen-bond acceptors (Lipinski definition) is 6. The highest BCUT2D eigenvalue weighted by Gasteiger charge is 2.26. The summed E-state index contributed by atoms with van der Waals surface area (Å²) in [5, 5.41) is 22.3. The number of carbonyl (C=O) groups excluding carboxylic acids is 2. The van der Waals surface area contributed by atoms with E-state index >= 15 is 0 Å². The van der Waals surface area contributed by atoms with Crippen LogP contribution in [-0.2, 0) is 11.2 Å². The van der Waals surface area contributed by atoms with Crippen LogP contribution < -0.4 is 37.2 Å². The van der Waals surface area contributed by atoms with Gasteiger partial charge in [0.25, 0.3) is 0 Å². The van der Waals surface area contributed by atoms with Crippen molar-refractivity contribution < 1.29 is 9.59 Å². The van der Waals surface area contributed by atoms with Crippen molar-refractivity contribution in [1.82, 2.24) is 31.9 Å². The summed E-state index contributed by atoms with van der Waals surface area (Å²) in [4.78, 5) is 23.4. The fourth-order valence-electron chi connectivity index (χ4n) is 3.76. The van der Waals surface area contributed by atoms with Crippen LogP contribution in [0.25, 0.3) is 0 Å². The Bertz CT molecular complexity index is 699. The van der Waals surface area contributed by atoms with Crippen LogP contribution in [-0.4, -0.2) is 49.7 Å². The number of hydrogen-bond donors (Lipinski definition) is 7. The van der Waals surface area contributed by atoms with E-state index in [4.69, 9.17) is 0 Å². The van der Waals surface area contributed by atoms with E-state index in [9.17, 15) is 9.59 Å². The van der Waals surface area contributed by atoms with Crippen molar-refractivity contribution in [3.8, 4) is 0 Å².